The van der Waals surface area contributed by atoms with E-state index in [-0.39, 0.29) is 11.5 Å². The number of carbonyl (C=O) groups excluding carboxylic acids is 1. The van der Waals surface area contributed by atoms with Crippen molar-refractivity contribution >= 4 is 38.7 Å². The van der Waals surface area contributed by atoms with Gasteiger partial charge in [-0.1, -0.05) is 15.9 Å². The number of fused-ring (bicyclic) bond motifs is 1. The van der Waals surface area contributed by atoms with Crippen LogP contribution in [0.3, 0.4) is 0 Å². The van der Waals surface area contributed by atoms with Crippen LogP contribution in [-0.2, 0) is 25.4 Å². The van der Waals surface area contributed by atoms with Gasteiger partial charge < -0.3 is 9.88 Å². The molecule has 0 atom stereocenters. The van der Waals surface area contributed by atoms with E-state index in [4.69, 9.17) is 0 Å². The SMILES string of the molecule is Cc1cc(Br)ccc1NC(=O)CCCn1cnc2c1c(=O)n(C)c(=O)n2C. The summed E-state index contributed by atoms with van der Waals surface area (Å²) < 4.78 is 5.05. The second kappa shape index (κ2) is 7.51. The van der Waals surface area contributed by atoms with E-state index in [0.29, 0.717) is 30.6 Å². The molecule has 0 bridgehead atoms. The quantitative estimate of drug-likeness (QED) is 0.665. The first-order chi connectivity index (χ1) is 12.8. The zero-order valence-electron chi connectivity index (χ0n) is 15.3. The van der Waals surface area contributed by atoms with Crippen LogP contribution in [0.4, 0.5) is 5.69 Å². The summed E-state index contributed by atoms with van der Waals surface area (Å²) in [4.78, 5) is 40.7. The molecule has 1 aromatic carbocycles. The van der Waals surface area contributed by atoms with E-state index in [0.717, 1.165) is 20.3 Å². The predicted octanol–water partition coefficient (Wildman–Crippen LogP) is 1.92. The molecule has 0 unspecified atom stereocenters. The highest BCUT2D eigenvalue weighted by atomic mass is 79.9. The van der Waals surface area contributed by atoms with Crippen molar-refractivity contribution < 1.29 is 4.79 Å². The second-order valence-electron chi connectivity index (χ2n) is 6.43. The van der Waals surface area contributed by atoms with Crippen LogP contribution in [-0.4, -0.2) is 24.6 Å². The molecule has 27 heavy (non-hydrogen) atoms. The van der Waals surface area contributed by atoms with Gasteiger partial charge in [0, 0.05) is 37.2 Å². The van der Waals surface area contributed by atoms with Crippen LogP contribution < -0.4 is 16.6 Å². The Kier molecular flexibility index (Phi) is 5.31. The van der Waals surface area contributed by atoms with Crippen molar-refractivity contribution in [3.8, 4) is 0 Å². The minimum absolute atomic E-state index is 0.0925. The van der Waals surface area contributed by atoms with Gasteiger partial charge in [0.1, 0.15) is 0 Å². The Hall–Kier alpha value is -2.68. The Labute approximate surface area is 163 Å². The third-order valence-corrected chi connectivity index (χ3v) is 4.98. The first-order valence-corrected chi connectivity index (χ1v) is 9.25. The smallest absolute Gasteiger partial charge is 0.326 e. The Morgan fingerprint density at radius 1 is 1.22 bits per heavy atom. The molecule has 0 spiro atoms. The molecule has 2 aromatic heterocycles. The minimum Gasteiger partial charge on any atom is -0.326 e. The summed E-state index contributed by atoms with van der Waals surface area (Å²) in [5.41, 5.74) is 1.66. The molecule has 0 saturated carbocycles. The molecule has 8 nitrogen and oxygen atoms in total. The van der Waals surface area contributed by atoms with E-state index in [1.807, 2.05) is 25.1 Å². The number of halogens is 1. The van der Waals surface area contributed by atoms with Crippen LogP contribution in [0.25, 0.3) is 11.2 Å². The van der Waals surface area contributed by atoms with Gasteiger partial charge in [-0.3, -0.25) is 18.7 Å². The first-order valence-electron chi connectivity index (χ1n) is 8.46. The summed E-state index contributed by atoms with van der Waals surface area (Å²) in [7, 11) is 3.02. The van der Waals surface area contributed by atoms with E-state index in [1.165, 1.54) is 17.9 Å². The number of carbonyl (C=O) groups is 1. The summed E-state index contributed by atoms with van der Waals surface area (Å²) in [6, 6.07) is 5.67. The Morgan fingerprint density at radius 2 is 1.96 bits per heavy atom. The molecule has 0 aliphatic rings. The predicted molar refractivity (Wildman–Crippen MR) is 107 cm³/mol. The molecule has 0 radical (unpaired) electrons. The fourth-order valence-corrected chi connectivity index (χ4v) is 3.43. The Balaban J connectivity index is 1.70. The highest BCUT2D eigenvalue weighted by molar-refractivity contribution is 9.10. The molecule has 0 aliphatic carbocycles. The van der Waals surface area contributed by atoms with Crippen LogP contribution >= 0.6 is 15.9 Å². The molecule has 1 amide bonds. The third-order valence-electron chi connectivity index (χ3n) is 4.48. The third kappa shape index (κ3) is 3.73. The number of aryl methyl sites for hydroxylation is 3. The van der Waals surface area contributed by atoms with Gasteiger partial charge >= 0.3 is 5.69 Å². The molecular weight excluding hydrogens is 414 g/mol. The van der Waals surface area contributed by atoms with Crippen LogP contribution in [0.1, 0.15) is 18.4 Å². The van der Waals surface area contributed by atoms with Crippen molar-refractivity contribution in [1.82, 2.24) is 18.7 Å². The van der Waals surface area contributed by atoms with E-state index >= 15 is 0 Å². The number of nitrogens with one attached hydrogen (secondary N) is 1. The van der Waals surface area contributed by atoms with Gasteiger partial charge in [-0.25, -0.2) is 9.78 Å². The molecule has 0 aliphatic heterocycles. The van der Waals surface area contributed by atoms with Crippen molar-refractivity contribution in [2.75, 3.05) is 5.32 Å². The standard InChI is InChI=1S/C18H20BrN5O3/c1-11-9-12(19)6-7-13(11)21-14(25)5-4-8-24-10-20-16-15(24)17(26)23(3)18(27)22(16)2/h6-7,9-10H,4-5,8H2,1-3H3,(H,21,25). The molecule has 3 rings (SSSR count). The maximum atomic E-state index is 12.4. The molecule has 142 valence electrons. The number of imidazole rings is 1. The topological polar surface area (TPSA) is 90.9 Å². The van der Waals surface area contributed by atoms with E-state index < -0.39 is 5.69 Å². The molecular formula is C18H20BrN5O3. The highest BCUT2D eigenvalue weighted by Gasteiger charge is 2.14. The van der Waals surface area contributed by atoms with Crippen LogP contribution in [0.15, 0.2) is 38.6 Å². The van der Waals surface area contributed by atoms with Gasteiger partial charge in [0.25, 0.3) is 5.56 Å². The zero-order chi connectivity index (χ0) is 19.7. The number of nitrogens with zero attached hydrogens (tertiary/aromatic N) is 4. The summed E-state index contributed by atoms with van der Waals surface area (Å²) in [5, 5.41) is 2.90. The molecule has 2 heterocycles. The Morgan fingerprint density at radius 3 is 2.67 bits per heavy atom. The van der Waals surface area contributed by atoms with E-state index in [1.54, 1.807) is 11.6 Å². The summed E-state index contributed by atoms with van der Waals surface area (Å²) >= 11 is 3.40. The average Bonchev–Trinajstić information content (AvgIpc) is 3.04. The van der Waals surface area contributed by atoms with Crippen LogP contribution in [0.2, 0.25) is 0 Å². The maximum Gasteiger partial charge on any atom is 0.332 e. The fourth-order valence-electron chi connectivity index (χ4n) is 2.96. The maximum absolute atomic E-state index is 12.4. The molecule has 1 N–H and O–H groups in total. The van der Waals surface area contributed by atoms with Gasteiger partial charge in [-0.15, -0.1) is 0 Å². The normalized spacial score (nSPS) is 11.1. The average molecular weight is 434 g/mol. The van der Waals surface area contributed by atoms with Gasteiger partial charge in [0.05, 0.1) is 6.33 Å². The number of anilines is 1. The first kappa shape index (κ1) is 19.1. The largest absolute Gasteiger partial charge is 0.332 e. The summed E-state index contributed by atoms with van der Waals surface area (Å²) in [6.07, 6.45) is 2.38. The number of rotatable bonds is 5. The summed E-state index contributed by atoms with van der Waals surface area (Å²) in [5.74, 6) is -0.0925. The highest BCUT2D eigenvalue weighted by Crippen LogP contribution is 2.20. The van der Waals surface area contributed by atoms with Gasteiger partial charge in [-0.2, -0.15) is 0 Å². The van der Waals surface area contributed by atoms with Gasteiger partial charge in [-0.05, 0) is 37.1 Å². The molecule has 0 fully saturated rings. The minimum atomic E-state index is -0.415. The number of hydrogen-bond donors (Lipinski definition) is 1. The number of amides is 1. The second-order valence-corrected chi connectivity index (χ2v) is 7.34. The monoisotopic (exact) mass is 433 g/mol. The lowest BCUT2D eigenvalue weighted by molar-refractivity contribution is -0.116. The lowest BCUT2D eigenvalue weighted by atomic mass is 10.2. The van der Waals surface area contributed by atoms with Crippen molar-refractivity contribution in [1.29, 1.82) is 0 Å². The van der Waals surface area contributed by atoms with Crippen LogP contribution in [0, 0.1) is 6.92 Å². The van der Waals surface area contributed by atoms with Crippen molar-refractivity contribution in [2.45, 2.75) is 26.3 Å². The van der Waals surface area contributed by atoms with E-state index in [2.05, 4.69) is 26.2 Å². The lowest BCUT2D eigenvalue weighted by Crippen LogP contribution is -2.37. The summed E-state index contributed by atoms with van der Waals surface area (Å²) in [6.45, 7) is 2.38. The molecule has 3 aromatic rings. The number of benzene rings is 1. The number of aromatic nitrogens is 4. The number of hydrogen-bond acceptors (Lipinski definition) is 4. The van der Waals surface area contributed by atoms with Crippen LogP contribution in [0.5, 0.6) is 0 Å². The van der Waals surface area contributed by atoms with Crippen molar-refractivity contribution in [3.05, 3.63) is 55.4 Å². The molecule has 0 saturated heterocycles. The van der Waals surface area contributed by atoms with Crippen molar-refractivity contribution in [3.63, 3.8) is 0 Å². The Bertz CT molecular complexity index is 1140. The molecule has 9 heteroatoms. The lowest BCUT2D eigenvalue weighted by Gasteiger charge is -2.09. The van der Waals surface area contributed by atoms with Gasteiger partial charge in [0.15, 0.2) is 11.2 Å². The fraction of sp³-hybridized carbons (Fsp3) is 0.333. The zero-order valence-corrected chi connectivity index (χ0v) is 16.9. The van der Waals surface area contributed by atoms with E-state index in [9.17, 15) is 14.4 Å². The van der Waals surface area contributed by atoms with Gasteiger partial charge in [0.2, 0.25) is 5.91 Å². The van der Waals surface area contributed by atoms with Crippen molar-refractivity contribution in [2.24, 2.45) is 14.1 Å².